The molecule has 160 valence electrons. The van der Waals surface area contributed by atoms with Gasteiger partial charge in [0.25, 0.3) is 0 Å². The van der Waals surface area contributed by atoms with Crippen molar-refractivity contribution in [3.63, 3.8) is 0 Å². The number of amides is 4. The van der Waals surface area contributed by atoms with Gasteiger partial charge in [0.15, 0.2) is 0 Å². The predicted octanol–water partition coefficient (Wildman–Crippen LogP) is 1.58. The molecule has 4 N–H and O–H groups in total. The van der Waals surface area contributed by atoms with E-state index >= 15 is 0 Å². The molecule has 0 aliphatic rings. The third-order valence-corrected chi connectivity index (χ3v) is 3.76. The standard InChI is InChI=1S/C21H32N4O4/c1-12(2)18(26)22-16(23-19(27)13(3)4)10-9-11-17(24-20(28)14(5)6)25-21(29)15(7)8/h16-17H,1,3,5,7,9-11H2,2,4,6,8H3,(H,22,26)(H,23,27)(H,24,28)(H,25,29). The number of carbonyl (C=O) groups is 4. The lowest BCUT2D eigenvalue weighted by molar-refractivity contribution is -0.122. The van der Waals surface area contributed by atoms with Crippen LogP contribution >= 0.6 is 0 Å². The minimum absolute atomic E-state index is 0.305. The van der Waals surface area contributed by atoms with E-state index in [1.807, 2.05) is 0 Å². The second-order valence-corrected chi connectivity index (χ2v) is 7.05. The molecule has 0 spiro atoms. The smallest absolute Gasteiger partial charge is 0.247 e. The quantitative estimate of drug-likeness (QED) is 0.292. The second-order valence-electron chi connectivity index (χ2n) is 7.05. The molecular formula is C21H32N4O4. The van der Waals surface area contributed by atoms with Crippen molar-refractivity contribution in [3.8, 4) is 0 Å². The number of rotatable bonds is 12. The molecule has 0 bridgehead atoms. The van der Waals surface area contributed by atoms with Crippen LogP contribution in [0.25, 0.3) is 0 Å². The minimum Gasteiger partial charge on any atom is -0.332 e. The minimum atomic E-state index is -0.655. The van der Waals surface area contributed by atoms with Gasteiger partial charge >= 0.3 is 0 Å². The van der Waals surface area contributed by atoms with E-state index in [2.05, 4.69) is 47.6 Å². The zero-order chi connectivity index (χ0) is 22.7. The molecule has 0 saturated carbocycles. The van der Waals surface area contributed by atoms with Crippen molar-refractivity contribution >= 4 is 23.6 Å². The van der Waals surface area contributed by atoms with E-state index < -0.39 is 12.3 Å². The first-order valence-corrected chi connectivity index (χ1v) is 9.20. The van der Waals surface area contributed by atoms with Crippen molar-refractivity contribution < 1.29 is 19.2 Å². The summed E-state index contributed by atoms with van der Waals surface area (Å²) in [5.74, 6) is -1.56. The molecular weight excluding hydrogens is 372 g/mol. The van der Waals surface area contributed by atoms with Gasteiger partial charge in [0, 0.05) is 22.3 Å². The van der Waals surface area contributed by atoms with Gasteiger partial charge in [0.05, 0.1) is 0 Å². The second kappa shape index (κ2) is 12.3. The highest BCUT2D eigenvalue weighted by Crippen LogP contribution is 2.06. The van der Waals surface area contributed by atoms with E-state index in [1.165, 1.54) is 0 Å². The predicted molar refractivity (Wildman–Crippen MR) is 113 cm³/mol. The number of hydrogen-bond acceptors (Lipinski definition) is 4. The Balaban J connectivity index is 5.07. The number of nitrogens with one attached hydrogen (secondary N) is 4. The van der Waals surface area contributed by atoms with E-state index in [-0.39, 0.29) is 23.6 Å². The topological polar surface area (TPSA) is 116 Å². The Morgan fingerprint density at radius 2 is 0.759 bits per heavy atom. The summed E-state index contributed by atoms with van der Waals surface area (Å²) in [7, 11) is 0. The van der Waals surface area contributed by atoms with Crippen molar-refractivity contribution in [2.24, 2.45) is 0 Å². The highest BCUT2D eigenvalue weighted by Gasteiger charge is 2.19. The lowest BCUT2D eigenvalue weighted by atomic mass is 10.1. The largest absolute Gasteiger partial charge is 0.332 e. The van der Waals surface area contributed by atoms with Crippen LogP contribution in [0.15, 0.2) is 48.6 Å². The summed E-state index contributed by atoms with van der Waals surface area (Å²) in [4.78, 5) is 47.7. The molecule has 0 aromatic heterocycles. The van der Waals surface area contributed by atoms with Gasteiger partial charge in [-0.1, -0.05) is 26.3 Å². The van der Waals surface area contributed by atoms with Crippen LogP contribution in [-0.4, -0.2) is 36.0 Å². The van der Waals surface area contributed by atoms with Crippen molar-refractivity contribution in [1.29, 1.82) is 0 Å². The van der Waals surface area contributed by atoms with Crippen LogP contribution in [0.3, 0.4) is 0 Å². The van der Waals surface area contributed by atoms with E-state index in [9.17, 15) is 19.2 Å². The summed E-state index contributed by atoms with van der Waals surface area (Å²) in [6.45, 7) is 20.5. The highest BCUT2D eigenvalue weighted by molar-refractivity contribution is 5.95. The molecule has 0 heterocycles. The fourth-order valence-electron chi connectivity index (χ4n) is 2.01. The van der Waals surface area contributed by atoms with E-state index in [0.717, 1.165) is 0 Å². The van der Waals surface area contributed by atoms with E-state index in [4.69, 9.17) is 0 Å². The summed E-state index contributed by atoms with van der Waals surface area (Å²) in [6.07, 6.45) is -0.119. The molecule has 29 heavy (non-hydrogen) atoms. The van der Waals surface area contributed by atoms with Crippen LogP contribution < -0.4 is 21.3 Å². The lowest BCUT2D eigenvalue weighted by Crippen LogP contribution is -2.50. The van der Waals surface area contributed by atoms with Crippen molar-refractivity contribution in [2.75, 3.05) is 0 Å². The fraction of sp³-hybridized carbons (Fsp3) is 0.429. The molecule has 0 rings (SSSR count). The maximum atomic E-state index is 11.9. The van der Waals surface area contributed by atoms with E-state index in [0.29, 0.717) is 41.6 Å². The van der Waals surface area contributed by atoms with Crippen molar-refractivity contribution in [3.05, 3.63) is 48.6 Å². The SMILES string of the molecule is C=C(C)C(=O)NC(CCCC(NC(=O)C(=C)C)NC(=O)C(=C)C)NC(=O)C(=C)C. The van der Waals surface area contributed by atoms with Crippen LogP contribution in [0.1, 0.15) is 47.0 Å². The number of hydrogen-bond donors (Lipinski definition) is 4. The van der Waals surface area contributed by atoms with Crippen LogP contribution in [0, 0.1) is 0 Å². The highest BCUT2D eigenvalue weighted by atomic mass is 16.2. The van der Waals surface area contributed by atoms with Gasteiger partial charge in [-0.05, 0) is 47.0 Å². The normalized spacial score (nSPS) is 10.1. The summed E-state index contributed by atoms with van der Waals surface area (Å²) in [5.41, 5.74) is 1.22. The molecule has 0 radical (unpaired) electrons. The molecule has 8 heteroatoms. The van der Waals surface area contributed by atoms with Gasteiger partial charge in [0.2, 0.25) is 23.6 Å². The Labute approximate surface area is 172 Å². The van der Waals surface area contributed by atoms with Crippen LogP contribution in [-0.2, 0) is 19.2 Å². The Kier molecular flexibility index (Phi) is 11.0. The Hall–Kier alpha value is -3.16. The zero-order valence-corrected chi connectivity index (χ0v) is 17.7. The first-order valence-electron chi connectivity index (χ1n) is 9.20. The first-order chi connectivity index (χ1) is 13.3. The van der Waals surface area contributed by atoms with Gasteiger partial charge in [0.1, 0.15) is 12.3 Å². The third-order valence-electron chi connectivity index (χ3n) is 3.76. The maximum Gasteiger partial charge on any atom is 0.247 e. The zero-order valence-electron chi connectivity index (χ0n) is 17.7. The first kappa shape index (κ1) is 25.8. The lowest BCUT2D eigenvalue weighted by Gasteiger charge is -2.23. The Bertz CT molecular complexity index is 608. The molecule has 0 aliphatic heterocycles. The molecule has 0 aromatic rings. The molecule has 0 atom stereocenters. The molecule has 0 fully saturated rings. The summed E-state index contributed by atoms with van der Waals surface area (Å²) >= 11 is 0. The van der Waals surface area contributed by atoms with Crippen LogP contribution in [0.5, 0.6) is 0 Å². The molecule has 8 nitrogen and oxygen atoms in total. The van der Waals surface area contributed by atoms with Crippen molar-refractivity contribution in [1.82, 2.24) is 21.3 Å². The van der Waals surface area contributed by atoms with Gasteiger partial charge in [-0.25, -0.2) is 0 Å². The summed E-state index contributed by atoms with van der Waals surface area (Å²) in [5, 5.41) is 10.7. The van der Waals surface area contributed by atoms with Crippen molar-refractivity contribution in [2.45, 2.75) is 59.3 Å². The van der Waals surface area contributed by atoms with Gasteiger partial charge in [-0.15, -0.1) is 0 Å². The molecule has 0 saturated heterocycles. The Morgan fingerprint density at radius 1 is 0.552 bits per heavy atom. The molecule has 4 amide bonds. The number of carbonyl (C=O) groups excluding carboxylic acids is 4. The van der Waals surface area contributed by atoms with Gasteiger partial charge in [-0.2, -0.15) is 0 Å². The van der Waals surface area contributed by atoms with Crippen LogP contribution in [0.2, 0.25) is 0 Å². The van der Waals surface area contributed by atoms with E-state index in [1.54, 1.807) is 27.7 Å². The fourth-order valence-corrected chi connectivity index (χ4v) is 2.01. The molecule has 0 unspecified atom stereocenters. The van der Waals surface area contributed by atoms with Gasteiger partial charge in [-0.3, -0.25) is 19.2 Å². The monoisotopic (exact) mass is 404 g/mol. The Morgan fingerprint density at radius 3 is 0.931 bits per heavy atom. The summed E-state index contributed by atoms with van der Waals surface area (Å²) < 4.78 is 0. The summed E-state index contributed by atoms with van der Waals surface area (Å²) in [6, 6.07) is 0. The average molecular weight is 405 g/mol. The van der Waals surface area contributed by atoms with Crippen LogP contribution in [0.4, 0.5) is 0 Å². The van der Waals surface area contributed by atoms with Gasteiger partial charge < -0.3 is 21.3 Å². The third kappa shape index (κ3) is 10.7. The average Bonchev–Trinajstić information content (AvgIpc) is 2.60. The molecule has 0 aromatic carbocycles. The maximum absolute atomic E-state index is 11.9. The molecule has 0 aliphatic carbocycles.